The highest BCUT2D eigenvalue weighted by Crippen LogP contribution is 2.30. The minimum atomic E-state index is -0.657. The molecule has 20 heavy (non-hydrogen) atoms. The summed E-state index contributed by atoms with van der Waals surface area (Å²) in [5, 5.41) is 10.6. The van der Waals surface area contributed by atoms with Gasteiger partial charge in [-0.25, -0.2) is 0 Å². The molecule has 1 N–H and O–H groups in total. The number of ether oxygens (including phenoxy) is 1. The summed E-state index contributed by atoms with van der Waals surface area (Å²) in [5.74, 6) is 0.745. The summed E-state index contributed by atoms with van der Waals surface area (Å²) >= 11 is 0. The average Bonchev–Trinajstić information content (AvgIpc) is 2.46. The molecule has 0 aliphatic rings. The maximum absolute atomic E-state index is 10.6. The second-order valence-electron chi connectivity index (χ2n) is 5.20. The van der Waals surface area contributed by atoms with E-state index in [4.69, 9.17) is 4.74 Å². The zero-order valence-electron chi connectivity index (χ0n) is 12.3. The first-order valence-corrected chi connectivity index (χ1v) is 7.14. The van der Waals surface area contributed by atoms with Gasteiger partial charge in [0.2, 0.25) is 0 Å². The number of hydrogen-bond donors (Lipinski definition) is 1. The molecular weight excluding hydrogens is 248 g/mol. The Morgan fingerprint density at radius 3 is 2.25 bits per heavy atom. The topological polar surface area (TPSA) is 29.5 Å². The van der Waals surface area contributed by atoms with Crippen molar-refractivity contribution in [2.24, 2.45) is 0 Å². The molecule has 2 heteroatoms. The van der Waals surface area contributed by atoms with E-state index >= 15 is 0 Å². The summed E-state index contributed by atoms with van der Waals surface area (Å²) in [6, 6.07) is 15.7. The zero-order chi connectivity index (χ0) is 14.5. The second-order valence-corrected chi connectivity index (χ2v) is 5.20. The van der Waals surface area contributed by atoms with Crippen molar-refractivity contribution in [3.8, 4) is 5.75 Å². The van der Waals surface area contributed by atoms with Gasteiger partial charge in [-0.2, -0.15) is 0 Å². The molecule has 0 saturated heterocycles. The summed E-state index contributed by atoms with van der Waals surface area (Å²) in [6.07, 6.45) is 0.436. The van der Waals surface area contributed by atoms with Crippen LogP contribution in [0.25, 0.3) is 0 Å². The van der Waals surface area contributed by atoms with E-state index in [0.29, 0.717) is 0 Å². The number of aliphatic hydroxyl groups is 1. The van der Waals surface area contributed by atoms with Crippen LogP contribution < -0.4 is 4.74 Å². The van der Waals surface area contributed by atoms with Gasteiger partial charge in [-0.1, -0.05) is 49.4 Å². The smallest absolute Gasteiger partial charge is 0.125 e. The molecule has 0 radical (unpaired) electrons. The standard InChI is InChI=1S/C18H22O2/c1-4-14-9-11-15(12-10-14)18(19)16-7-5-6-8-17(16)20-13(2)3/h5-13,18-19H,4H2,1-3H3. The molecule has 1 atom stereocenters. The number of rotatable bonds is 5. The van der Waals surface area contributed by atoms with Crippen molar-refractivity contribution >= 4 is 0 Å². The Bertz CT molecular complexity index is 544. The minimum Gasteiger partial charge on any atom is -0.491 e. The fraction of sp³-hybridized carbons (Fsp3) is 0.333. The highest BCUT2D eigenvalue weighted by atomic mass is 16.5. The quantitative estimate of drug-likeness (QED) is 0.885. The van der Waals surface area contributed by atoms with Crippen molar-refractivity contribution in [3.63, 3.8) is 0 Å². The SMILES string of the molecule is CCc1ccc(C(O)c2ccccc2OC(C)C)cc1. The lowest BCUT2D eigenvalue weighted by atomic mass is 9.99. The van der Waals surface area contributed by atoms with Crippen molar-refractivity contribution in [1.29, 1.82) is 0 Å². The lowest BCUT2D eigenvalue weighted by Gasteiger charge is -2.18. The Balaban J connectivity index is 2.29. The first-order chi connectivity index (χ1) is 9.61. The molecule has 0 aliphatic heterocycles. The van der Waals surface area contributed by atoms with Crippen LogP contribution in [-0.2, 0) is 6.42 Å². The first kappa shape index (κ1) is 14.6. The van der Waals surface area contributed by atoms with Gasteiger partial charge in [0.1, 0.15) is 11.9 Å². The van der Waals surface area contributed by atoms with Crippen LogP contribution in [0.5, 0.6) is 5.75 Å². The fourth-order valence-corrected chi connectivity index (χ4v) is 2.18. The van der Waals surface area contributed by atoms with Crippen LogP contribution in [0.15, 0.2) is 48.5 Å². The molecule has 2 aromatic carbocycles. The Labute approximate surface area is 121 Å². The Morgan fingerprint density at radius 2 is 1.65 bits per heavy atom. The molecule has 1 unspecified atom stereocenters. The van der Waals surface area contributed by atoms with Crippen LogP contribution in [0.2, 0.25) is 0 Å². The zero-order valence-corrected chi connectivity index (χ0v) is 12.3. The molecule has 106 valence electrons. The third kappa shape index (κ3) is 3.40. The van der Waals surface area contributed by atoms with Crippen molar-refractivity contribution in [3.05, 3.63) is 65.2 Å². The summed E-state index contributed by atoms with van der Waals surface area (Å²) < 4.78 is 5.77. The molecule has 0 aromatic heterocycles. The number of hydrogen-bond acceptors (Lipinski definition) is 2. The highest BCUT2D eigenvalue weighted by Gasteiger charge is 2.15. The second kappa shape index (κ2) is 6.58. The molecule has 0 spiro atoms. The highest BCUT2D eigenvalue weighted by molar-refractivity contribution is 5.40. The van der Waals surface area contributed by atoms with Crippen LogP contribution in [0.3, 0.4) is 0 Å². The lowest BCUT2D eigenvalue weighted by molar-refractivity contribution is 0.198. The van der Waals surface area contributed by atoms with E-state index in [9.17, 15) is 5.11 Å². The molecule has 0 saturated carbocycles. The van der Waals surface area contributed by atoms with Crippen LogP contribution in [-0.4, -0.2) is 11.2 Å². The van der Waals surface area contributed by atoms with E-state index in [0.717, 1.165) is 23.3 Å². The normalized spacial score (nSPS) is 12.4. The molecule has 0 fully saturated rings. The number of aliphatic hydroxyl groups excluding tert-OH is 1. The summed E-state index contributed by atoms with van der Waals surface area (Å²) in [4.78, 5) is 0. The van der Waals surface area contributed by atoms with Crippen molar-refractivity contribution < 1.29 is 9.84 Å². The van der Waals surface area contributed by atoms with Crippen molar-refractivity contribution in [2.45, 2.75) is 39.4 Å². The Kier molecular flexibility index (Phi) is 4.80. The number of aryl methyl sites for hydroxylation is 1. The monoisotopic (exact) mass is 270 g/mol. The molecule has 2 aromatic rings. The van der Waals surface area contributed by atoms with Crippen LogP contribution >= 0.6 is 0 Å². The third-order valence-electron chi connectivity index (χ3n) is 3.28. The van der Waals surface area contributed by atoms with Gasteiger partial charge in [-0.15, -0.1) is 0 Å². The average molecular weight is 270 g/mol. The summed E-state index contributed by atoms with van der Waals surface area (Å²) in [5.41, 5.74) is 2.97. The van der Waals surface area contributed by atoms with Gasteiger partial charge in [-0.3, -0.25) is 0 Å². The molecular formula is C18H22O2. The number of para-hydroxylation sites is 1. The van der Waals surface area contributed by atoms with Gasteiger partial charge < -0.3 is 9.84 Å². The Morgan fingerprint density at radius 1 is 1.00 bits per heavy atom. The van der Waals surface area contributed by atoms with Crippen molar-refractivity contribution in [1.82, 2.24) is 0 Å². The van der Waals surface area contributed by atoms with Gasteiger partial charge in [-0.05, 0) is 37.5 Å². The first-order valence-electron chi connectivity index (χ1n) is 7.14. The largest absolute Gasteiger partial charge is 0.491 e. The Hall–Kier alpha value is -1.80. The fourth-order valence-electron chi connectivity index (χ4n) is 2.18. The molecule has 0 amide bonds. The predicted octanol–water partition coefficient (Wildman–Crippen LogP) is 4.12. The van der Waals surface area contributed by atoms with Crippen molar-refractivity contribution in [2.75, 3.05) is 0 Å². The minimum absolute atomic E-state index is 0.0887. The number of benzene rings is 2. The predicted molar refractivity (Wildman–Crippen MR) is 82.1 cm³/mol. The maximum atomic E-state index is 10.6. The third-order valence-corrected chi connectivity index (χ3v) is 3.28. The molecule has 2 rings (SSSR count). The van der Waals surface area contributed by atoms with E-state index in [1.54, 1.807) is 0 Å². The van der Waals surface area contributed by atoms with Gasteiger partial charge in [0.25, 0.3) is 0 Å². The van der Waals surface area contributed by atoms with Gasteiger partial charge in [0.05, 0.1) is 6.10 Å². The van der Waals surface area contributed by atoms with E-state index in [-0.39, 0.29) is 6.10 Å². The van der Waals surface area contributed by atoms with Gasteiger partial charge >= 0.3 is 0 Å². The van der Waals surface area contributed by atoms with Crippen LogP contribution in [0.1, 0.15) is 43.6 Å². The van der Waals surface area contributed by atoms with E-state index in [1.165, 1.54) is 5.56 Å². The van der Waals surface area contributed by atoms with E-state index in [2.05, 4.69) is 19.1 Å². The molecule has 0 bridgehead atoms. The summed E-state index contributed by atoms with van der Waals surface area (Å²) in [6.45, 7) is 6.09. The lowest BCUT2D eigenvalue weighted by Crippen LogP contribution is -2.09. The molecule has 0 heterocycles. The molecule has 0 aliphatic carbocycles. The summed E-state index contributed by atoms with van der Waals surface area (Å²) in [7, 11) is 0. The van der Waals surface area contributed by atoms with Crippen LogP contribution in [0.4, 0.5) is 0 Å². The van der Waals surface area contributed by atoms with Crippen LogP contribution in [0, 0.1) is 0 Å². The van der Waals surface area contributed by atoms with Gasteiger partial charge in [0.15, 0.2) is 0 Å². The van der Waals surface area contributed by atoms with Gasteiger partial charge in [0, 0.05) is 5.56 Å². The van der Waals surface area contributed by atoms with E-state index in [1.807, 2.05) is 50.2 Å². The molecule has 2 nitrogen and oxygen atoms in total. The maximum Gasteiger partial charge on any atom is 0.125 e. The van der Waals surface area contributed by atoms with E-state index < -0.39 is 6.10 Å².